The summed E-state index contributed by atoms with van der Waals surface area (Å²) >= 11 is 0. The van der Waals surface area contributed by atoms with Crippen molar-refractivity contribution < 1.29 is 14.3 Å². The maximum atomic E-state index is 12.1. The van der Waals surface area contributed by atoms with Crippen molar-refractivity contribution in [2.45, 2.75) is 45.8 Å². The molecule has 4 aromatic rings. The Hall–Kier alpha value is -3.95. The van der Waals surface area contributed by atoms with Gasteiger partial charge in [0.15, 0.2) is 11.4 Å². The van der Waals surface area contributed by atoms with Crippen LogP contribution in [0, 0.1) is 0 Å². The largest absolute Gasteiger partial charge is 0.491 e. The summed E-state index contributed by atoms with van der Waals surface area (Å²) in [5.41, 5.74) is 2.59. The topological polar surface area (TPSA) is 102 Å². The van der Waals surface area contributed by atoms with Gasteiger partial charge in [-0.1, -0.05) is 6.07 Å². The molecule has 0 fully saturated rings. The molecule has 34 heavy (non-hydrogen) atoms. The van der Waals surface area contributed by atoms with Crippen molar-refractivity contribution >= 4 is 5.97 Å². The Kier molecular flexibility index (Phi) is 5.22. The van der Waals surface area contributed by atoms with Crippen molar-refractivity contribution in [1.82, 2.24) is 34.1 Å². The molecular formula is C24H27N7O3. The van der Waals surface area contributed by atoms with Crippen LogP contribution in [0.3, 0.4) is 0 Å². The number of methoxy groups -OCH3 is 1. The molecule has 0 unspecified atom stereocenters. The molecule has 0 radical (unpaired) electrons. The minimum atomic E-state index is -0.910. The smallest absolute Gasteiger partial charge is 0.333 e. The van der Waals surface area contributed by atoms with Crippen LogP contribution < -0.4 is 4.74 Å². The molecule has 1 aliphatic heterocycles. The van der Waals surface area contributed by atoms with E-state index in [0.29, 0.717) is 13.2 Å². The zero-order chi connectivity index (χ0) is 24.0. The van der Waals surface area contributed by atoms with E-state index in [2.05, 4.69) is 33.6 Å². The molecule has 0 N–H and O–H groups in total. The molecule has 10 nitrogen and oxygen atoms in total. The maximum absolute atomic E-state index is 12.1. The molecule has 0 bridgehead atoms. The zero-order valence-corrected chi connectivity index (χ0v) is 19.9. The van der Waals surface area contributed by atoms with E-state index in [4.69, 9.17) is 14.5 Å². The highest BCUT2D eigenvalue weighted by Crippen LogP contribution is 2.37. The summed E-state index contributed by atoms with van der Waals surface area (Å²) in [6.45, 7) is 8.87. The number of esters is 1. The fraction of sp³-hybridized carbons (Fsp3) is 0.375. The van der Waals surface area contributed by atoms with Gasteiger partial charge in [-0.2, -0.15) is 10.2 Å². The molecule has 0 spiro atoms. The lowest BCUT2D eigenvalue weighted by atomic mass is 10.0. The molecule has 1 aromatic carbocycles. The lowest BCUT2D eigenvalue weighted by Crippen LogP contribution is -2.37. The lowest BCUT2D eigenvalue weighted by Gasteiger charge is -2.21. The number of hydrogen-bond donors (Lipinski definition) is 0. The third kappa shape index (κ3) is 3.55. The molecule has 176 valence electrons. The van der Waals surface area contributed by atoms with Gasteiger partial charge in [0.05, 0.1) is 25.4 Å². The van der Waals surface area contributed by atoms with Gasteiger partial charge in [0, 0.05) is 24.0 Å². The number of fused-ring (bicyclic) bond motifs is 3. The minimum Gasteiger partial charge on any atom is -0.491 e. The minimum absolute atomic E-state index is 0.183. The van der Waals surface area contributed by atoms with Crippen molar-refractivity contribution in [3.63, 3.8) is 0 Å². The summed E-state index contributed by atoms with van der Waals surface area (Å²) < 4.78 is 16.6. The van der Waals surface area contributed by atoms with E-state index in [1.54, 1.807) is 31.1 Å². The Labute approximate surface area is 197 Å². The number of benzene rings is 1. The quantitative estimate of drug-likeness (QED) is 0.419. The Bertz CT molecular complexity index is 1360. The average Bonchev–Trinajstić information content (AvgIpc) is 3.56. The van der Waals surface area contributed by atoms with Crippen LogP contribution in [0.5, 0.6) is 5.75 Å². The van der Waals surface area contributed by atoms with Crippen molar-refractivity contribution in [2.24, 2.45) is 0 Å². The van der Waals surface area contributed by atoms with Crippen LogP contribution in [-0.2, 0) is 21.6 Å². The molecule has 0 amide bonds. The molecule has 0 atom stereocenters. The number of imidazole rings is 1. The second kappa shape index (κ2) is 8.12. The van der Waals surface area contributed by atoms with Gasteiger partial charge in [0.2, 0.25) is 0 Å². The first-order valence-corrected chi connectivity index (χ1v) is 11.2. The predicted molar refractivity (Wildman–Crippen MR) is 125 cm³/mol. The number of hydrogen-bond acceptors (Lipinski definition) is 7. The third-order valence-electron chi connectivity index (χ3n) is 6.05. The second-order valence-electron chi connectivity index (χ2n) is 9.05. The first-order valence-electron chi connectivity index (χ1n) is 11.2. The van der Waals surface area contributed by atoms with Gasteiger partial charge >= 0.3 is 5.97 Å². The van der Waals surface area contributed by atoms with Crippen LogP contribution in [0.2, 0.25) is 0 Å². The Morgan fingerprint density at radius 1 is 1.15 bits per heavy atom. The number of nitrogens with zero attached hydrogens (tertiary/aromatic N) is 7. The van der Waals surface area contributed by atoms with E-state index >= 15 is 0 Å². The second-order valence-corrected chi connectivity index (χ2v) is 9.05. The Morgan fingerprint density at radius 2 is 1.97 bits per heavy atom. The number of ether oxygens (including phenoxy) is 2. The first-order chi connectivity index (χ1) is 16.3. The van der Waals surface area contributed by atoms with Crippen molar-refractivity contribution in [2.75, 3.05) is 13.7 Å². The van der Waals surface area contributed by atoms with E-state index in [-0.39, 0.29) is 12.0 Å². The van der Waals surface area contributed by atoms with Crippen LogP contribution in [0.25, 0.3) is 34.0 Å². The molecule has 0 aliphatic carbocycles. The highest BCUT2D eigenvalue weighted by Gasteiger charge is 2.32. The van der Waals surface area contributed by atoms with Crippen LogP contribution >= 0.6 is 0 Å². The number of rotatable bonds is 5. The fourth-order valence-electron chi connectivity index (χ4n) is 4.10. The molecule has 1 aliphatic rings. The van der Waals surface area contributed by atoms with Gasteiger partial charge in [-0.25, -0.2) is 19.4 Å². The SMILES string of the molecule is COC(=O)C(C)(C)n1cc(-c2ccc3c(c2)OCCn2cc(-c4ncnn4C(C)C)nc2-3)cn1. The summed E-state index contributed by atoms with van der Waals surface area (Å²) in [4.78, 5) is 21.5. The van der Waals surface area contributed by atoms with Gasteiger partial charge in [-0.15, -0.1) is 0 Å². The molecule has 10 heteroatoms. The molecule has 0 saturated heterocycles. The van der Waals surface area contributed by atoms with Crippen molar-refractivity contribution in [3.8, 4) is 39.8 Å². The molecule has 3 aromatic heterocycles. The van der Waals surface area contributed by atoms with Crippen LogP contribution in [0.4, 0.5) is 0 Å². The van der Waals surface area contributed by atoms with Crippen molar-refractivity contribution in [1.29, 1.82) is 0 Å². The van der Waals surface area contributed by atoms with Gasteiger partial charge in [0.1, 0.15) is 30.2 Å². The fourth-order valence-corrected chi connectivity index (χ4v) is 4.10. The van der Waals surface area contributed by atoms with E-state index in [9.17, 15) is 4.79 Å². The maximum Gasteiger partial charge on any atom is 0.333 e. The normalized spacial score (nSPS) is 13.2. The highest BCUT2D eigenvalue weighted by atomic mass is 16.5. The van der Waals surface area contributed by atoms with Gasteiger partial charge in [0.25, 0.3) is 0 Å². The molecule has 5 rings (SSSR count). The van der Waals surface area contributed by atoms with Gasteiger partial charge < -0.3 is 14.0 Å². The number of aromatic nitrogens is 7. The average molecular weight is 462 g/mol. The monoisotopic (exact) mass is 461 g/mol. The van der Waals surface area contributed by atoms with Gasteiger partial charge in [-0.3, -0.25) is 4.68 Å². The van der Waals surface area contributed by atoms with E-state index in [1.165, 1.54) is 7.11 Å². The first kappa shape index (κ1) is 21.9. The molecular weight excluding hydrogens is 434 g/mol. The summed E-state index contributed by atoms with van der Waals surface area (Å²) in [5.74, 6) is 1.97. The zero-order valence-electron chi connectivity index (χ0n) is 19.9. The van der Waals surface area contributed by atoms with E-state index in [0.717, 1.165) is 39.8 Å². The summed E-state index contributed by atoms with van der Waals surface area (Å²) in [5, 5.41) is 8.73. The molecule has 0 saturated carbocycles. The Morgan fingerprint density at radius 3 is 2.74 bits per heavy atom. The van der Waals surface area contributed by atoms with E-state index in [1.807, 2.05) is 35.3 Å². The van der Waals surface area contributed by atoms with Crippen LogP contribution in [0.1, 0.15) is 33.7 Å². The summed E-state index contributed by atoms with van der Waals surface area (Å²) in [6.07, 6.45) is 7.14. The van der Waals surface area contributed by atoms with Crippen molar-refractivity contribution in [3.05, 3.63) is 43.1 Å². The standard InChI is InChI=1S/C24H27N7O3/c1-15(2)31-22(25-14-27-31)19-13-29-8-9-34-20-10-16(6-7-18(20)21(29)28-19)17-11-26-30(12-17)24(3,4)23(32)33-5/h6-7,10-15H,8-9H2,1-5H3. The lowest BCUT2D eigenvalue weighted by molar-refractivity contribution is -0.150. The third-order valence-corrected chi connectivity index (χ3v) is 6.05. The van der Waals surface area contributed by atoms with Gasteiger partial charge in [-0.05, 0) is 45.4 Å². The summed E-state index contributed by atoms with van der Waals surface area (Å²) in [7, 11) is 1.38. The summed E-state index contributed by atoms with van der Waals surface area (Å²) in [6, 6.07) is 6.19. The highest BCUT2D eigenvalue weighted by molar-refractivity contribution is 5.78. The molecule has 4 heterocycles. The Balaban J connectivity index is 1.51. The van der Waals surface area contributed by atoms with E-state index < -0.39 is 5.54 Å². The number of carbonyl (C=O) groups is 1. The van der Waals surface area contributed by atoms with Crippen LogP contribution in [0.15, 0.2) is 43.1 Å². The number of carbonyl (C=O) groups excluding carboxylic acids is 1. The van der Waals surface area contributed by atoms with Crippen LogP contribution in [-0.4, -0.2) is 53.8 Å². The predicted octanol–water partition coefficient (Wildman–Crippen LogP) is 3.55.